The molecule has 1 aromatic carbocycles. The minimum atomic E-state index is 0.247. The number of nitrogens with zero attached hydrogens (tertiary/aromatic N) is 2. The molecule has 1 unspecified atom stereocenters. The lowest BCUT2D eigenvalue weighted by molar-refractivity contribution is 0.285. The molecule has 0 bridgehead atoms. The summed E-state index contributed by atoms with van der Waals surface area (Å²) in [5.74, 6) is 1.21. The van der Waals surface area contributed by atoms with Crippen LogP contribution in [-0.4, -0.2) is 22.6 Å². The molecule has 2 rings (SSSR count). The summed E-state index contributed by atoms with van der Waals surface area (Å²) in [5.41, 5.74) is 2.61. The second-order valence-electron chi connectivity index (χ2n) is 6.50. The van der Waals surface area contributed by atoms with E-state index < -0.39 is 0 Å². The van der Waals surface area contributed by atoms with Crippen molar-refractivity contribution in [2.45, 2.75) is 53.1 Å². The van der Waals surface area contributed by atoms with Crippen molar-refractivity contribution in [1.29, 1.82) is 0 Å². The van der Waals surface area contributed by atoms with Crippen LogP contribution in [0.15, 0.2) is 24.3 Å². The smallest absolute Gasteiger partial charge is 0.110 e. The van der Waals surface area contributed by atoms with Crippen LogP contribution in [0.4, 0.5) is 0 Å². The van der Waals surface area contributed by atoms with Gasteiger partial charge in [-0.05, 0) is 44.9 Å². The molecule has 20 heavy (non-hydrogen) atoms. The number of aryl methyl sites for hydroxylation is 1. The van der Waals surface area contributed by atoms with Gasteiger partial charge in [-0.15, -0.1) is 0 Å². The molecule has 1 atom stereocenters. The number of imidazole rings is 1. The van der Waals surface area contributed by atoms with Gasteiger partial charge in [0, 0.05) is 19.0 Å². The van der Waals surface area contributed by atoms with Crippen molar-refractivity contribution in [3.8, 4) is 0 Å². The number of aromatic nitrogens is 2. The van der Waals surface area contributed by atoms with Gasteiger partial charge >= 0.3 is 0 Å². The Labute approximate surface area is 122 Å². The van der Waals surface area contributed by atoms with E-state index in [4.69, 9.17) is 4.98 Å². The number of hydrogen-bond donors (Lipinski definition) is 1. The molecule has 0 spiro atoms. The molecule has 0 aliphatic rings. The van der Waals surface area contributed by atoms with Gasteiger partial charge in [-0.3, -0.25) is 0 Å². The Kier molecular flexibility index (Phi) is 4.48. The molecule has 0 aliphatic carbocycles. The molecule has 1 N–H and O–H groups in total. The Bertz CT molecular complexity index is 569. The average Bonchev–Trinajstić information content (AvgIpc) is 2.73. The summed E-state index contributed by atoms with van der Waals surface area (Å²) in [4.78, 5) is 4.84. The van der Waals surface area contributed by atoms with Gasteiger partial charge in [0.1, 0.15) is 5.82 Å². The fourth-order valence-corrected chi connectivity index (χ4v) is 3.04. The fraction of sp³-hybridized carbons (Fsp3) is 0.588. The van der Waals surface area contributed by atoms with Crippen LogP contribution in [0.1, 0.15) is 39.9 Å². The number of hydrogen-bond acceptors (Lipinski definition) is 2. The Hall–Kier alpha value is -1.35. The zero-order valence-electron chi connectivity index (χ0n) is 13.4. The van der Waals surface area contributed by atoms with Crippen LogP contribution in [0.5, 0.6) is 0 Å². The number of fused-ring (bicyclic) bond motifs is 1. The van der Waals surface area contributed by atoms with E-state index in [2.05, 4.69) is 61.8 Å². The average molecular weight is 273 g/mol. The third-order valence-corrected chi connectivity index (χ3v) is 4.04. The lowest BCUT2D eigenvalue weighted by Crippen LogP contribution is -2.30. The van der Waals surface area contributed by atoms with E-state index in [1.165, 1.54) is 11.3 Å². The summed E-state index contributed by atoms with van der Waals surface area (Å²) in [7, 11) is 2.03. The number of benzene rings is 1. The molecule has 0 aliphatic heterocycles. The predicted octanol–water partition coefficient (Wildman–Crippen LogP) is 3.62. The van der Waals surface area contributed by atoms with Crippen LogP contribution in [0.2, 0.25) is 0 Å². The van der Waals surface area contributed by atoms with E-state index in [9.17, 15) is 0 Å². The van der Waals surface area contributed by atoms with Crippen LogP contribution < -0.4 is 5.32 Å². The van der Waals surface area contributed by atoms with Gasteiger partial charge in [-0.25, -0.2) is 4.98 Å². The van der Waals surface area contributed by atoms with Crippen LogP contribution in [0, 0.1) is 5.41 Å². The van der Waals surface area contributed by atoms with Gasteiger partial charge in [0.25, 0.3) is 0 Å². The van der Waals surface area contributed by atoms with Gasteiger partial charge in [0.05, 0.1) is 11.0 Å². The molecule has 2 aromatic rings. The monoisotopic (exact) mass is 273 g/mol. The zero-order valence-corrected chi connectivity index (χ0v) is 13.4. The maximum Gasteiger partial charge on any atom is 0.110 e. The highest BCUT2D eigenvalue weighted by atomic mass is 15.1. The van der Waals surface area contributed by atoms with Gasteiger partial charge in [-0.1, -0.05) is 26.0 Å². The summed E-state index contributed by atoms with van der Waals surface area (Å²) < 4.78 is 2.35. The van der Waals surface area contributed by atoms with E-state index >= 15 is 0 Å². The Morgan fingerprint density at radius 3 is 2.65 bits per heavy atom. The van der Waals surface area contributed by atoms with Gasteiger partial charge < -0.3 is 9.88 Å². The summed E-state index contributed by atoms with van der Waals surface area (Å²) >= 11 is 0. The maximum absolute atomic E-state index is 4.84. The van der Waals surface area contributed by atoms with Gasteiger partial charge in [0.15, 0.2) is 0 Å². The topological polar surface area (TPSA) is 29.9 Å². The molecule has 0 fully saturated rings. The molecule has 0 saturated heterocycles. The predicted molar refractivity (Wildman–Crippen MR) is 86.0 cm³/mol. The fourth-order valence-electron chi connectivity index (χ4n) is 3.04. The summed E-state index contributed by atoms with van der Waals surface area (Å²) in [6.07, 6.45) is 2.16. The van der Waals surface area contributed by atoms with Crippen molar-refractivity contribution in [1.82, 2.24) is 14.9 Å². The second-order valence-corrected chi connectivity index (χ2v) is 6.50. The lowest BCUT2D eigenvalue weighted by atomic mass is 9.82. The molecule has 0 radical (unpaired) electrons. The quantitative estimate of drug-likeness (QED) is 0.871. The number of nitrogens with one attached hydrogen (secondary N) is 1. The Morgan fingerprint density at radius 2 is 2.00 bits per heavy atom. The van der Waals surface area contributed by atoms with Gasteiger partial charge in [-0.2, -0.15) is 0 Å². The first-order valence-corrected chi connectivity index (χ1v) is 7.58. The maximum atomic E-state index is 4.84. The standard InChI is InChI=1S/C17H27N3/c1-6-20-15-10-8-7-9-14(15)19-16(20)12-17(3,4)11-13(2)18-5/h7-10,13,18H,6,11-12H2,1-5H3. The second kappa shape index (κ2) is 5.96. The largest absolute Gasteiger partial charge is 0.328 e. The Balaban J connectivity index is 2.29. The van der Waals surface area contributed by atoms with Crippen LogP contribution >= 0.6 is 0 Å². The molecule has 0 saturated carbocycles. The van der Waals surface area contributed by atoms with E-state index in [0.29, 0.717) is 6.04 Å². The highest BCUT2D eigenvalue weighted by molar-refractivity contribution is 5.75. The molecule has 3 nitrogen and oxygen atoms in total. The Morgan fingerprint density at radius 1 is 1.30 bits per heavy atom. The third-order valence-electron chi connectivity index (χ3n) is 4.04. The van der Waals surface area contributed by atoms with Crippen LogP contribution in [0.3, 0.4) is 0 Å². The van der Waals surface area contributed by atoms with Crippen molar-refractivity contribution >= 4 is 11.0 Å². The van der Waals surface area contributed by atoms with Gasteiger partial charge in [0.2, 0.25) is 0 Å². The van der Waals surface area contributed by atoms with Crippen molar-refractivity contribution in [2.24, 2.45) is 5.41 Å². The van der Waals surface area contributed by atoms with Crippen LogP contribution in [-0.2, 0) is 13.0 Å². The highest BCUT2D eigenvalue weighted by Crippen LogP contribution is 2.28. The van der Waals surface area contributed by atoms with Crippen molar-refractivity contribution in [2.75, 3.05) is 7.05 Å². The number of rotatable bonds is 6. The van der Waals surface area contributed by atoms with E-state index in [-0.39, 0.29) is 5.41 Å². The minimum Gasteiger partial charge on any atom is -0.328 e. The highest BCUT2D eigenvalue weighted by Gasteiger charge is 2.24. The first-order valence-electron chi connectivity index (χ1n) is 7.58. The first-order chi connectivity index (χ1) is 9.46. The summed E-state index contributed by atoms with van der Waals surface area (Å²) in [5, 5.41) is 3.33. The van der Waals surface area contributed by atoms with E-state index in [1.807, 2.05) is 7.05 Å². The first kappa shape index (κ1) is 15.0. The molecule has 3 heteroatoms. The van der Waals surface area contributed by atoms with E-state index in [1.54, 1.807) is 0 Å². The molecule has 110 valence electrons. The summed E-state index contributed by atoms with van der Waals surface area (Å²) in [6.45, 7) is 10.1. The summed E-state index contributed by atoms with van der Waals surface area (Å²) in [6, 6.07) is 8.96. The van der Waals surface area contributed by atoms with Crippen molar-refractivity contribution in [3.05, 3.63) is 30.1 Å². The molecule has 1 aromatic heterocycles. The lowest BCUT2D eigenvalue weighted by Gasteiger charge is -2.27. The third kappa shape index (κ3) is 3.21. The van der Waals surface area contributed by atoms with Crippen molar-refractivity contribution in [3.63, 3.8) is 0 Å². The molecule has 0 amide bonds. The molecular weight excluding hydrogens is 246 g/mol. The molecule has 1 heterocycles. The van der Waals surface area contributed by atoms with Crippen molar-refractivity contribution < 1.29 is 0 Å². The number of para-hydroxylation sites is 2. The SMILES string of the molecule is CCn1c(CC(C)(C)CC(C)NC)nc2ccccc21. The van der Waals surface area contributed by atoms with Crippen LogP contribution in [0.25, 0.3) is 11.0 Å². The zero-order chi connectivity index (χ0) is 14.8. The van der Waals surface area contributed by atoms with E-state index in [0.717, 1.165) is 24.9 Å². The normalized spacial score (nSPS) is 13.8. The molecular formula is C17H27N3. The minimum absolute atomic E-state index is 0.247.